The molecule has 35 heavy (non-hydrogen) atoms. The van der Waals surface area contributed by atoms with Crippen molar-refractivity contribution in [2.24, 2.45) is 14.1 Å². The van der Waals surface area contributed by atoms with E-state index < -0.39 is 17.2 Å². The normalized spacial score (nSPS) is 16.3. The molecule has 0 radical (unpaired) electrons. The molecule has 0 N–H and O–H groups in total. The maximum absolute atomic E-state index is 13.8. The van der Waals surface area contributed by atoms with E-state index in [4.69, 9.17) is 11.6 Å². The number of aromatic nitrogens is 2. The molecule has 1 atom stereocenters. The highest BCUT2D eigenvalue weighted by Gasteiger charge is 2.47. The predicted molar refractivity (Wildman–Crippen MR) is 135 cm³/mol. The van der Waals surface area contributed by atoms with E-state index in [1.54, 1.807) is 49.5 Å². The molecular formula is C27H24ClN3O4. The lowest BCUT2D eigenvalue weighted by Gasteiger charge is -2.36. The smallest absolute Gasteiger partial charge is 0.289 e. The molecule has 0 spiro atoms. The van der Waals surface area contributed by atoms with Crippen LogP contribution >= 0.6 is 11.6 Å². The van der Waals surface area contributed by atoms with Crippen LogP contribution in [0.3, 0.4) is 0 Å². The Bertz CT molecular complexity index is 1550. The van der Waals surface area contributed by atoms with Gasteiger partial charge in [-0.1, -0.05) is 61.3 Å². The molecule has 1 aromatic heterocycles. The van der Waals surface area contributed by atoms with Gasteiger partial charge in [0.15, 0.2) is 5.78 Å². The second kappa shape index (κ2) is 8.50. The molecule has 2 aromatic carbocycles. The Morgan fingerprint density at radius 1 is 0.943 bits per heavy atom. The van der Waals surface area contributed by atoms with Gasteiger partial charge in [-0.05, 0) is 24.1 Å². The first kappa shape index (κ1) is 23.1. The number of benzene rings is 2. The molecule has 1 amide bonds. The molecule has 2 heterocycles. The number of unbranched alkanes of at least 4 members (excludes halogenated alkanes) is 1. The fraction of sp³-hybridized carbons (Fsp3) is 0.259. The minimum atomic E-state index is -0.766. The molecule has 5 rings (SSSR count). The van der Waals surface area contributed by atoms with Crippen molar-refractivity contribution in [2.45, 2.75) is 32.1 Å². The Kier molecular flexibility index (Phi) is 5.60. The van der Waals surface area contributed by atoms with Gasteiger partial charge >= 0.3 is 5.69 Å². The fourth-order valence-corrected chi connectivity index (χ4v) is 5.22. The summed E-state index contributed by atoms with van der Waals surface area (Å²) in [5, 5.41) is 0.518. The van der Waals surface area contributed by atoms with E-state index in [2.05, 4.69) is 0 Å². The Morgan fingerprint density at radius 3 is 2.26 bits per heavy atom. The van der Waals surface area contributed by atoms with E-state index in [9.17, 15) is 19.2 Å². The zero-order valence-corrected chi connectivity index (χ0v) is 20.4. The van der Waals surface area contributed by atoms with Gasteiger partial charge in [0, 0.05) is 48.2 Å². The molecular weight excluding hydrogens is 466 g/mol. The van der Waals surface area contributed by atoms with Gasteiger partial charge in [-0.25, -0.2) is 4.79 Å². The SMILES string of the molecule is CCCCC(=O)N1C2=C(C(=O)c3ccccc32)[C@H](c2ccc(Cl)cc2)c2c1n(C)c(=O)n(C)c2=O. The molecule has 7 nitrogen and oxygen atoms in total. The lowest BCUT2D eigenvalue weighted by molar-refractivity contribution is -0.118. The highest BCUT2D eigenvalue weighted by molar-refractivity contribution is 6.30. The topological polar surface area (TPSA) is 81.4 Å². The average Bonchev–Trinajstić information content (AvgIpc) is 3.16. The molecule has 0 saturated heterocycles. The van der Waals surface area contributed by atoms with Gasteiger partial charge in [-0.15, -0.1) is 0 Å². The molecule has 1 aliphatic carbocycles. The minimum absolute atomic E-state index is 0.211. The first-order chi connectivity index (χ1) is 16.8. The Balaban J connectivity index is 1.93. The number of rotatable bonds is 4. The first-order valence-electron chi connectivity index (χ1n) is 11.5. The van der Waals surface area contributed by atoms with Crippen LogP contribution in [0.2, 0.25) is 5.02 Å². The predicted octanol–water partition coefficient (Wildman–Crippen LogP) is 4.01. The van der Waals surface area contributed by atoms with Crippen LogP contribution in [-0.2, 0) is 18.9 Å². The van der Waals surface area contributed by atoms with Crippen molar-refractivity contribution in [3.05, 3.63) is 102 Å². The lowest BCUT2D eigenvalue weighted by atomic mass is 9.81. The number of hydrogen-bond donors (Lipinski definition) is 0. The zero-order chi connectivity index (χ0) is 25.0. The lowest BCUT2D eigenvalue weighted by Crippen LogP contribution is -2.47. The average molecular weight is 490 g/mol. The van der Waals surface area contributed by atoms with Crippen molar-refractivity contribution in [1.82, 2.24) is 9.13 Å². The molecule has 0 saturated carbocycles. The summed E-state index contributed by atoms with van der Waals surface area (Å²) < 4.78 is 2.35. The van der Waals surface area contributed by atoms with Crippen LogP contribution in [0.15, 0.2) is 63.7 Å². The number of fused-ring (bicyclic) bond motifs is 3. The fourth-order valence-electron chi connectivity index (χ4n) is 5.10. The number of anilines is 1. The summed E-state index contributed by atoms with van der Waals surface area (Å²) in [5.41, 5.74) is 1.73. The third-order valence-electron chi connectivity index (χ3n) is 6.80. The molecule has 1 aliphatic heterocycles. The van der Waals surface area contributed by atoms with Gasteiger partial charge in [0.2, 0.25) is 5.91 Å². The summed E-state index contributed by atoms with van der Waals surface area (Å²) in [4.78, 5) is 55.6. The van der Waals surface area contributed by atoms with Crippen LogP contribution in [0.1, 0.15) is 59.2 Å². The highest BCUT2D eigenvalue weighted by Crippen LogP contribution is 2.51. The minimum Gasteiger partial charge on any atom is -0.289 e. The monoisotopic (exact) mass is 489 g/mol. The zero-order valence-electron chi connectivity index (χ0n) is 19.7. The van der Waals surface area contributed by atoms with Crippen molar-refractivity contribution < 1.29 is 9.59 Å². The molecule has 0 bridgehead atoms. The Hall–Kier alpha value is -3.71. The third-order valence-corrected chi connectivity index (χ3v) is 7.06. The van der Waals surface area contributed by atoms with Crippen LogP contribution in [0, 0.1) is 0 Å². The van der Waals surface area contributed by atoms with Crippen molar-refractivity contribution >= 4 is 34.8 Å². The second-order valence-electron chi connectivity index (χ2n) is 8.90. The quantitative estimate of drug-likeness (QED) is 0.554. The standard InChI is InChI=1S/C27H24ClN3O4/c1-4-5-10-19(32)31-23-17-8-6-7-9-18(17)24(33)21(23)20(15-11-13-16(28)14-12-15)22-25(31)29(2)27(35)30(3)26(22)34/h6-9,11-14,20H,4-5,10H2,1-3H3/t20-/m0/s1. The van der Waals surface area contributed by atoms with E-state index in [1.807, 2.05) is 13.0 Å². The van der Waals surface area contributed by atoms with Gasteiger partial charge < -0.3 is 0 Å². The van der Waals surface area contributed by atoms with Gasteiger partial charge in [0.05, 0.1) is 11.3 Å². The Labute approximate surface area is 206 Å². The Morgan fingerprint density at radius 2 is 1.60 bits per heavy atom. The number of allylic oxidation sites excluding steroid dienone is 1. The molecule has 8 heteroatoms. The maximum atomic E-state index is 13.8. The van der Waals surface area contributed by atoms with E-state index in [0.29, 0.717) is 39.4 Å². The van der Waals surface area contributed by atoms with E-state index in [0.717, 1.165) is 11.0 Å². The summed E-state index contributed by atoms with van der Waals surface area (Å²) in [5.74, 6) is -1.05. The molecule has 0 fully saturated rings. The highest BCUT2D eigenvalue weighted by atomic mass is 35.5. The van der Waals surface area contributed by atoms with Crippen LogP contribution in [-0.4, -0.2) is 20.8 Å². The maximum Gasteiger partial charge on any atom is 0.332 e. The molecule has 178 valence electrons. The molecule has 3 aromatic rings. The molecule has 2 aliphatic rings. The summed E-state index contributed by atoms with van der Waals surface area (Å²) >= 11 is 6.14. The van der Waals surface area contributed by atoms with Crippen molar-refractivity contribution in [1.29, 1.82) is 0 Å². The largest absolute Gasteiger partial charge is 0.332 e. The number of Topliss-reactive ketones (excluding diaryl/α,β-unsaturated/α-hetero) is 1. The summed E-state index contributed by atoms with van der Waals surface area (Å²) in [6.07, 6.45) is 1.66. The first-order valence-corrected chi connectivity index (χ1v) is 11.9. The number of nitrogens with zero attached hydrogens (tertiary/aromatic N) is 3. The van der Waals surface area contributed by atoms with E-state index in [1.165, 1.54) is 16.5 Å². The van der Waals surface area contributed by atoms with Crippen LogP contribution in [0.5, 0.6) is 0 Å². The number of carbonyl (C=O) groups is 2. The van der Waals surface area contributed by atoms with Crippen molar-refractivity contribution in [3.8, 4) is 0 Å². The van der Waals surface area contributed by atoms with Crippen LogP contribution < -0.4 is 16.1 Å². The summed E-state index contributed by atoms with van der Waals surface area (Å²) in [7, 11) is 2.95. The molecule has 0 unspecified atom stereocenters. The van der Waals surface area contributed by atoms with Gasteiger partial charge in [0.1, 0.15) is 5.82 Å². The van der Waals surface area contributed by atoms with Crippen LogP contribution in [0.25, 0.3) is 5.70 Å². The van der Waals surface area contributed by atoms with Gasteiger partial charge in [0.25, 0.3) is 5.56 Å². The number of hydrogen-bond acceptors (Lipinski definition) is 4. The number of carbonyl (C=O) groups excluding carboxylic acids is 2. The van der Waals surface area contributed by atoms with Gasteiger partial charge in [-0.2, -0.15) is 0 Å². The van der Waals surface area contributed by atoms with Crippen molar-refractivity contribution in [3.63, 3.8) is 0 Å². The second-order valence-corrected chi connectivity index (χ2v) is 9.33. The van der Waals surface area contributed by atoms with E-state index >= 15 is 0 Å². The number of ketones is 1. The summed E-state index contributed by atoms with van der Waals surface area (Å²) in [6, 6.07) is 14.1. The van der Waals surface area contributed by atoms with E-state index in [-0.39, 0.29) is 29.5 Å². The van der Waals surface area contributed by atoms with Gasteiger partial charge in [-0.3, -0.25) is 28.4 Å². The summed E-state index contributed by atoms with van der Waals surface area (Å²) in [6.45, 7) is 1.98. The number of amides is 1. The third kappa shape index (κ3) is 3.33. The number of halogens is 1. The van der Waals surface area contributed by atoms with Crippen LogP contribution in [0.4, 0.5) is 5.82 Å². The van der Waals surface area contributed by atoms with Crippen molar-refractivity contribution in [2.75, 3.05) is 4.90 Å².